The summed E-state index contributed by atoms with van der Waals surface area (Å²) in [5, 5.41) is 6.99. The van der Waals surface area contributed by atoms with Gasteiger partial charge in [-0.15, -0.1) is 0 Å². The number of rotatable bonds is 5. The number of benzene rings is 1. The van der Waals surface area contributed by atoms with Crippen molar-refractivity contribution in [1.82, 2.24) is 14.8 Å². The van der Waals surface area contributed by atoms with Gasteiger partial charge in [-0.25, -0.2) is 8.42 Å². The zero-order valence-electron chi connectivity index (χ0n) is 17.0. The normalized spacial score (nSPS) is 21.4. The van der Waals surface area contributed by atoms with E-state index < -0.39 is 10.0 Å². The van der Waals surface area contributed by atoms with Gasteiger partial charge in [0.05, 0.1) is 23.2 Å². The minimum atomic E-state index is -3.50. The van der Waals surface area contributed by atoms with Crippen LogP contribution in [0.1, 0.15) is 53.4 Å². The van der Waals surface area contributed by atoms with Crippen LogP contribution in [0.25, 0.3) is 0 Å². The van der Waals surface area contributed by atoms with Gasteiger partial charge in [-0.2, -0.15) is 4.31 Å². The third kappa shape index (κ3) is 4.58. The monoisotopic (exact) mass is 433 g/mol. The Morgan fingerprint density at radius 3 is 2.57 bits per heavy atom. The Hall–Kier alpha value is -2.23. The lowest BCUT2D eigenvalue weighted by Crippen LogP contribution is -2.40. The standard InChI is InChI=1S/C21H27N3O5S/c1-15-4-6-18(7-5-15)30(26,27)24-10-8-16(9-11-24)19-13-20(29-23-19)21(25)22-17-3-2-12-28-14-17/h4-7,13,16-17H,2-3,8-12,14H2,1H3,(H,22,25). The third-order valence-electron chi connectivity index (χ3n) is 5.78. The van der Waals surface area contributed by atoms with Crippen molar-refractivity contribution < 1.29 is 22.5 Å². The highest BCUT2D eigenvalue weighted by Gasteiger charge is 2.31. The molecule has 1 aromatic heterocycles. The average molecular weight is 434 g/mol. The highest BCUT2D eigenvalue weighted by Crippen LogP contribution is 2.30. The summed E-state index contributed by atoms with van der Waals surface area (Å²) >= 11 is 0. The number of ether oxygens (including phenoxy) is 1. The first kappa shape index (κ1) is 21.0. The van der Waals surface area contributed by atoms with Crippen LogP contribution < -0.4 is 5.32 Å². The first-order valence-electron chi connectivity index (χ1n) is 10.4. The molecule has 1 atom stereocenters. The van der Waals surface area contributed by atoms with Crippen molar-refractivity contribution in [1.29, 1.82) is 0 Å². The van der Waals surface area contributed by atoms with Gasteiger partial charge in [0.15, 0.2) is 0 Å². The Morgan fingerprint density at radius 2 is 1.90 bits per heavy atom. The number of aryl methyl sites for hydroxylation is 1. The number of carbonyl (C=O) groups is 1. The second-order valence-electron chi connectivity index (χ2n) is 7.99. The fraction of sp³-hybridized carbons (Fsp3) is 0.524. The lowest BCUT2D eigenvalue weighted by Gasteiger charge is -2.30. The predicted molar refractivity (Wildman–Crippen MR) is 110 cm³/mol. The number of piperidine rings is 1. The Labute approximate surface area is 176 Å². The molecule has 0 saturated carbocycles. The van der Waals surface area contributed by atoms with E-state index in [0.29, 0.717) is 43.1 Å². The molecule has 162 valence electrons. The molecular formula is C21H27N3O5S. The van der Waals surface area contributed by atoms with Crippen molar-refractivity contribution in [3.8, 4) is 0 Å². The molecule has 2 aliphatic heterocycles. The highest BCUT2D eigenvalue weighted by molar-refractivity contribution is 7.89. The first-order valence-corrected chi connectivity index (χ1v) is 11.8. The Balaban J connectivity index is 1.35. The van der Waals surface area contributed by atoms with Crippen molar-refractivity contribution in [3.05, 3.63) is 47.3 Å². The van der Waals surface area contributed by atoms with Crippen molar-refractivity contribution in [2.24, 2.45) is 0 Å². The molecule has 2 saturated heterocycles. The van der Waals surface area contributed by atoms with E-state index in [-0.39, 0.29) is 23.6 Å². The van der Waals surface area contributed by atoms with E-state index in [1.165, 1.54) is 4.31 Å². The van der Waals surface area contributed by atoms with Crippen LogP contribution >= 0.6 is 0 Å². The minimum absolute atomic E-state index is 0.00461. The van der Waals surface area contributed by atoms with E-state index in [1.807, 2.05) is 6.92 Å². The number of hydrogen-bond donors (Lipinski definition) is 1. The SMILES string of the molecule is Cc1ccc(S(=O)(=O)N2CCC(c3cc(C(=O)NC4CCCOC4)on3)CC2)cc1. The largest absolute Gasteiger partial charge is 0.379 e. The van der Waals surface area contributed by atoms with Crippen molar-refractivity contribution in [2.75, 3.05) is 26.3 Å². The van der Waals surface area contributed by atoms with E-state index in [9.17, 15) is 13.2 Å². The molecule has 30 heavy (non-hydrogen) atoms. The summed E-state index contributed by atoms with van der Waals surface area (Å²) in [6, 6.07) is 8.58. The summed E-state index contributed by atoms with van der Waals surface area (Å²) in [6.07, 6.45) is 3.08. The molecule has 0 spiro atoms. The summed E-state index contributed by atoms with van der Waals surface area (Å²) in [7, 11) is -3.50. The highest BCUT2D eigenvalue weighted by atomic mass is 32.2. The number of nitrogens with zero attached hydrogens (tertiary/aromatic N) is 2. The van der Waals surface area contributed by atoms with Crippen LogP contribution in [0, 0.1) is 6.92 Å². The zero-order chi connectivity index (χ0) is 21.1. The van der Waals surface area contributed by atoms with Gasteiger partial charge in [-0.05, 0) is 44.7 Å². The van der Waals surface area contributed by atoms with E-state index in [0.717, 1.165) is 25.0 Å². The van der Waals surface area contributed by atoms with Crippen molar-refractivity contribution in [2.45, 2.75) is 49.5 Å². The molecule has 1 unspecified atom stereocenters. The molecule has 1 amide bonds. The smallest absolute Gasteiger partial charge is 0.290 e. The summed E-state index contributed by atoms with van der Waals surface area (Å²) in [5.74, 6) is -0.0355. The average Bonchev–Trinajstić information content (AvgIpc) is 3.25. The predicted octanol–water partition coefficient (Wildman–Crippen LogP) is 2.46. The molecule has 0 radical (unpaired) electrons. The van der Waals surface area contributed by atoms with Gasteiger partial charge < -0.3 is 14.6 Å². The Morgan fingerprint density at radius 1 is 1.17 bits per heavy atom. The molecule has 8 nitrogen and oxygen atoms in total. The molecule has 1 aromatic carbocycles. The van der Waals surface area contributed by atoms with Gasteiger partial charge in [0.1, 0.15) is 0 Å². The van der Waals surface area contributed by atoms with Gasteiger partial charge in [-0.3, -0.25) is 4.79 Å². The molecule has 0 aliphatic carbocycles. The van der Waals surface area contributed by atoms with Gasteiger partial charge in [-0.1, -0.05) is 22.9 Å². The fourth-order valence-corrected chi connectivity index (χ4v) is 5.42. The Kier molecular flexibility index (Phi) is 6.21. The van der Waals surface area contributed by atoms with Crippen LogP contribution in [0.4, 0.5) is 0 Å². The molecular weight excluding hydrogens is 406 g/mol. The minimum Gasteiger partial charge on any atom is -0.379 e. The molecule has 2 aromatic rings. The summed E-state index contributed by atoms with van der Waals surface area (Å²) < 4.78 is 37.9. The van der Waals surface area contributed by atoms with Gasteiger partial charge >= 0.3 is 0 Å². The lowest BCUT2D eigenvalue weighted by atomic mass is 9.94. The number of nitrogens with one attached hydrogen (secondary N) is 1. The number of aromatic nitrogens is 1. The van der Waals surface area contributed by atoms with Crippen LogP contribution in [0.15, 0.2) is 39.8 Å². The van der Waals surface area contributed by atoms with Crippen LogP contribution in [-0.2, 0) is 14.8 Å². The van der Waals surface area contributed by atoms with Crippen LogP contribution in [0.2, 0.25) is 0 Å². The summed E-state index contributed by atoms with van der Waals surface area (Å²) in [6.45, 7) is 4.00. The van der Waals surface area contributed by atoms with Gasteiger partial charge in [0, 0.05) is 31.7 Å². The maximum absolute atomic E-state index is 12.9. The van der Waals surface area contributed by atoms with Gasteiger partial charge in [0.2, 0.25) is 15.8 Å². The molecule has 4 rings (SSSR count). The summed E-state index contributed by atoms with van der Waals surface area (Å²) in [4.78, 5) is 12.7. The molecule has 0 bridgehead atoms. The second-order valence-corrected chi connectivity index (χ2v) is 9.93. The second kappa shape index (κ2) is 8.87. The topological polar surface area (TPSA) is 102 Å². The molecule has 9 heteroatoms. The maximum atomic E-state index is 12.9. The fourth-order valence-electron chi connectivity index (χ4n) is 3.95. The molecule has 2 aliphatic rings. The third-order valence-corrected chi connectivity index (χ3v) is 7.69. The van der Waals surface area contributed by atoms with Crippen LogP contribution in [0.5, 0.6) is 0 Å². The first-order chi connectivity index (χ1) is 14.4. The zero-order valence-corrected chi connectivity index (χ0v) is 17.9. The van der Waals surface area contributed by atoms with E-state index in [2.05, 4.69) is 10.5 Å². The van der Waals surface area contributed by atoms with E-state index >= 15 is 0 Å². The molecule has 2 fully saturated rings. The summed E-state index contributed by atoms with van der Waals surface area (Å²) in [5.41, 5.74) is 1.72. The van der Waals surface area contributed by atoms with Gasteiger partial charge in [0.25, 0.3) is 5.91 Å². The number of amides is 1. The van der Waals surface area contributed by atoms with E-state index in [4.69, 9.17) is 9.26 Å². The number of carbonyl (C=O) groups excluding carboxylic acids is 1. The van der Waals surface area contributed by atoms with Crippen LogP contribution in [0.3, 0.4) is 0 Å². The quantitative estimate of drug-likeness (QED) is 0.777. The molecule has 1 N–H and O–H groups in total. The molecule has 3 heterocycles. The number of hydrogen-bond acceptors (Lipinski definition) is 6. The maximum Gasteiger partial charge on any atom is 0.290 e. The number of sulfonamides is 1. The van der Waals surface area contributed by atoms with Crippen LogP contribution in [-0.4, -0.2) is 56.1 Å². The van der Waals surface area contributed by atoms with Crippen molar-refractivity contribution >= 4 is 15.9 Å². The Bertz CT molecular complexity index is 972. The van der Waals surface area contributed by atoms with E-state index in [1.54, 1.807) is 30.3 Å². The van der Waals surface area contributed by atoms with Crippen molar-refractivity contribution in [3.63, 3.8) is 0 Å². The lowest BCUT2D eigenvalue weighted by molar-refractivity contribution is 0.0608.